The quantitative estimate of drug-likeness (QED) is 0.863. The van der Waals surface area contributed by atoms with Gasteiger partial charge in [0.15, 0.2) is 0 Å². The maximum atomic E-state index is 12.3. The number of rotatable bonds is 3. The highest BCUT2D eigenvalue weighted by Gasteiger charge is 2.20. The Labute approximate surface area is 137 Å². The third kappa shape index (κ3) is 4.73. The number of hydrogen-bond donors (Lipinski definition) is 1. The Morgan fingerprint density at radius 3 is 2.52 bits per heavy atom. The third-order valence-electron chi connectivity index (χ3n) is 3.85. The van der Waals surface area contributed by atoms with Gasteiger partial charge in [-0.05, 0) is 44.0 Å². The number of nitrogens with one attached hydrogen (secondary N) is 1. The van der Waals surface area contributed by atoms with Gasteiger partial charge in [-0.25, -0.2) is 0 Å². The first-order valence-electron chi connectivity index (χ1n) is 7.01. The molecule has 3 nitrogen and oxygen atoms in total. The highest BCUT2D eigenvalue weighted by molar-refractivity contribution is 6.32. The Hall–Kier alpha value is -1.03. The van der Waals surface area contributed by atoms with Crippen LogP contribution in [0.15, 0.2) is 30.3 Å². The lowest BCUT2D eigenvalue weighted by molar-refractivity contribution is -0.127. The maximum Gasteiger partial charge on any atom is 0.246 e. The van der Waals surface area contributed by atoms with Gasteiger partial charge in [0.05, 0.1) is 0 Å². The molecule has 1 aromatic rings. The zero-order valence-electron chi connectivity index (χ0n) is 12.4. The summed E-state index contributed by atoms with van der Waals surface area (Å²) in [5.41, 5.74) is 1.84. The number of carbonyl (C=O) groups excluding carboxylic acids is 1. The van der Waals surface area contributed by atoms with Crippen molar-refractivity contribution in [2.24, 2.45) is 0 Å². The lowest BCUT2D eigenvalue weighted by atomic mass is 10.0. The number of allylic oxidation sites excluding steroid dienone is 1. The van der Waals surface area contributed by atoms with Gasteiger partial charge in [-0.1, -0.05) is 29.8 Å². The van der Waals surface area contributed by atoms with E-state index in [0.717, 1.165) is 37.1 Å². The van der Waals surface area contributed by atoms with E-state index in [4.69, 9.17) is 11.6 Å². The van der Waals surface area contributed by atoms with E-state index in [2.05, 4.69) is 5.32 Å². The molecule has 2 rings (SSSR count). The molecule has 0 aromatic heterocycles. The van der Waals surface area contributed by atoms with E-state index in [1.165, 1.54) is 0 Å². The molecular formula is C16H22Cl2N2O. The number of carbonyl (C=O) groups is 1. The lowest BCUT2D eigenvalue weighted by Crippen LogP contribution is -2.43. The molecule has 21 heavy (non-hydrogen) atoms. The van der Waals surface area contributed by atoms with Crippen molar-refractivity contribution in [3.63, 3.8) is 0 Å². The van der Waals surface area contributed by atoms with E-state index in [9.17, 15) is 4.79 Å². The fourth-order valence-electron chi connectivity index (χ4n) is 2.52. The molecule has 0 radical (unpaired) electrons. The first kappa shape index (κ1) is 18.0. The van der Waals surface area contributed by atoms with Crippen LogP contribution in [-0.4, -0.2) is 37.0 Å². The third-order valence-corrected chi connectivity index (χ3v) is 4.18. The SMILES string of the molecule is CNC1CCN(C(=O)C=C(C)c2ccccc2Cl)CC1.Cl. The largest absolute Gasteiger partial charge is 0.339 e. The van der Waals surface area contributed by atoms with Crippen molar-refractivity contribution in [2.75, 3.05) is 20.1 Å². The van der Waals surface area contributed by atoms with Crippen LogP contribution >= 0.6 is 24.0 Å². The normalized spacial score (nSPS) is 16.5. The summed E-state index contributed by atoms with van der Waals surface area (Å²) in [5.74, 6) is 0.0805. The first-order valence-corrected chi connectivity index (χ1v) is 7.39. The monoisotopic (exact) mass is 328 g/mol. The summed E-state index contributed by atoms with van der Waals surface area (Å²) in [5, 5.41) is 3.95. The van der Waals surface area contributed by atoms with Crippen LogP contribution in [0.5, 0.6) is 0 Å². The predicted octanol–water partition coefficient (Wildman–Crippen LogP) is 3.38. The summed E-state index contributed by atoms with van der Waals surface area (Å²) >= 11 is 6.15. The van der Waals surface area contributed by atoms with E-state index in [1.807, 2.05) is 43.1 Å². The van der Waals surface area contributed by atoms with Crippen LogP contribution in [0, 0.1) is 0 Å². The zero-order chi connectivity index (χ0) is 14.5. The summed E-state index contributed by atoms with van der Waals surface area (Å²) in [7, 11) is 1.98. The van der Waals surface area contributed by atoms with Crippen LogP contribution in [0.3, 0.4) is 0 Å². The Balaban J connectivity index is 0.00000220. The predicted molar refractivity (Wildman–Crippen MR) is 91.0 cm³/mol. The average molecular weight is 329 g/mol. The number of halogens is 2. The molecule has 1 aliphatic heterocycles. The van der Waals surface area contributed by atoms with Crippen LogP contribution < -0.4 is 5.32 Å². The van der Waals surface area contributed by atoms with E-state index in [1.54, 1.807) is 6.08 Å². The first-order chi connectivity index (χ1) is 9.61. The average Bonchev–Trinajstić information content (AvgIpc) is 2.47. The zero-order valence-corrected chi connectivity index (χ0v) is 14.0. The molecular weight excluding hydrogens is 307 g/mol. The fraction of sp³-hybridized carbons (Fsp3) is 0.438. The van der Waals surface area contributed by atoms with E-state index < -0.39 is 0 Å². The lowest BCUT2D eigenvalue weighted by Gasteiger charge is -2.31. The van der Waals surface area contributed by atoms with Crippen molar-refractivity contribution in [3.8, 4) is 0 Å². The topological polar surface area (TPSA) is 32.3 Å². The maximum absolute atomic E-state index is 12.3. The summed E-state index contributed by atoms with van der Waals surface area (Å²) in [4.78, 5) is 14.2. The van der Waals surface area contributed by atoms with Gasteiger partial charge >= 0.3 is 0 Å². The molecule has 1 aliphatic rings. The highest BCUT2D eigenvalue weighted by Crippen LogP contribution is 2.23. The minimum absolute atomic E-state index is 0. The van der Waals surface area contributed by atoms with Gasteiger partial charge in [-0.3, -0.25) is 4.79 Å². The van der Waals surface area contributed by atoms with Crippen molar-refractivity contribution in [3.05, 3.63) is 40.9 Å². The summed E-state index contributed by atoms with van der Waals surface area (Å²) in [6, 6.07) is 8.14. The van der Waals surface area contributed by atoms with Gasteiger partial charge in [-0.15, -0.1) is 12.4 Å². The number of amides is 1. The fourth-order valence-corrected chi connectivity index (χ4v) is 2.81. The molecule has 1 fully saturated rings. The molecule has 1 N–H and O–H groups in total. The van der Waals surface area contributed by atoms with Crippen LogP contribution in [-0.2, 0) is 4.79 Å². The van der Waals surface area contributed by atoms with Crippen LogP contribution in [0.1, 0.15) is 25.3 Å². The van der Waals surface area contributed by atoms with Crippen molar-refractivity contribution < 1.29 is 4.79 Å². The van der Waals surface area contributed by atoms with E-state index in [0.29, 0.717) is 11.1 Å². The van der Waals surface area contributed by atoms with E-state index >= 15 is 0 Å². The second-order valence-electron chi connectivity index (χ2n) is 5.20. The second-order valence-corrected chi connectivity index (χ2v) is 5.60. The molecule has 0 aliphatic carbocycles. The van der Waals surface area contributed by atoms with Gasteiger partial charge in [0.2, 0.25) is 5.91 Å². The summed E-state index contributed by atoms with van der Waals surface area (Å²) in [6.07, 6.45) is 3.73. The van der Waals surface area contributed by atoms with Gasteiger partial charge in [0, 0.05) is 30.2 Å². The number of benzene rings is 1. The Morgan fingerprint density at radius 1 is 1.33 bits per heavy atom. The number of piperidine rings is 1. The number of likely N-dealkylation sites (tertiary alicyclic amines) is 1. The Morgan fingerprint density at radius 2 is 1.95 bits per heavy atom. The van der Waals surface area contributed by atoms with Crippen molar-refractivity contribution >= 4 is 35.5 Å². The highest BCUT2D eigenvalue weighted by atomic mass is 35.5. The Bertz CT molecular complexity index is 509. The minimum Gasteiger partial charge on any atom is -0.339 e. The molecule has 0 bridgehead atoms. The second kappa shape index (κ2) is 8.42. The smallest absolute Gasteiger partial charge is 0.246 e. The summed E-state index contributed by atoms with van der Waals surface area (Å²) in [6.45, 7) is 3.56. The molecule has 0 atom stereocenters. The van der Waals surface area contributed by atoms with Crippen LogP contribution in [0.25, 0.3) is 5.57 Å². The van der Waals surface area contributed by atoms with Gasteiger partial charge < -0.3 is 10.2 Å². The number of hydrogen-bond acceptors (Lipinski definition) is 2. The van der Waals surface area contributed by atoms with Crippen LogP contribution in [0.4, 0.5) is 0 Å². The molecule has 1 heterocycles. The molecule has 0 saturated carbocycles. The van der Waals surface area contributed by atoms with Crippen LogP contribution in [0.2, 0.25) is 5.02 Å². The molecule has 1 amide bonds. The number of nitrogens with zero attached hydrogens (tertiary/aromatic N) is 1. The van der Waals surface area contributed by atoms with E-state index in [-0.39, 0.29) is 18.3 Å². The molecule has 0 spiro atoms. The van der Waals surface area contributed by atoms with Gasteiger partial charge in [0.25, 0.3) is 0 Å². The molecule has 1 aromatic carbocycles. The summed E-state index contributed by atoms with van der Waals surface area (Å²) < 4.78 is 0. The molecule has 5 heteroatoms. The molecule has 116 valence electrons. The van der Waals surface area contributed by atoms with Crippen molar-refractivity contribution in [1.29, 1.82) is 0 Å². The Kier molecular flexibility index (Phi) is 7.23. The van der Waals surface area contributed by atoms with Crippen molar-refractivity contribution in [1.82, 2.24) is 10.2 Å². The van der Waals surface area contributed by atoms with Crippen molar-refractivity contribution in [2.45, 2.75) is 25.8 Å². The molecule has 0 unspecified atom stereocenters. The molecule has 1 saturated heterocycles. The van der Waals surface area contributed by atoms with Gasteiger partial charge in [0.1, 0.15) is 0 Å². The standard InChI is InChI=1S/C16H21ClN2O.ClH/c1-12(14-5-3-4-6-15(14)17)11-16(20)19-9-7-13(18-2)8-10-19;/h3-6,11,13,18H,7-10H2,1-2H3;1H. The van der Waals surface area contributed by atoms with Gasteiger partial charge in [-0.2, -0.15) is 0 Å². The minimum atomic E-state index is 0.